The Balaban J connectivity index is 1.62. The molecule has 2 aliphatic rings. The Hall–Kier alpha value is -1.71. The Kier molecular flexibility index (Phi) is 6.13. The van der Waals surface area contributed by atoms with Gasteiger partial charge in [-0.25, -0.2) is 0 Å². The summed E-state index contributed by atoms with van der Waals surface area (Å²) in [4.78, 5) is 0.947. The van der Waals surface area contributed by atoms with E-state index in [0.717, 1.165) is 30.6 Å². The van der Waals surface area contributed by atoms with Crippen molar-refractivity contribution in [1.82, 2.24) is 0 Å². The van der Waals surface area contributed by atoms with Gasteiger partial charge in [0, 0.05) is 10.1 Å². The lowest BCUT2D eigenvalue weighted by molar-refractivity contribution is 0.290. The summed E-state index contributed by atoms with van der Waals surface area (Å²) in [5.74, 6) is 0. The molecule has 2 aromatic carbocycles. The molecular formula is C25H30O2S. The fourth-order valence-electron chi connectivity index (χ4n) is 4.53. The average molecular weight is 395 g/mol. The van der Waals surface area contributed by atoms with E-state index in [1.54, 1.807) is 0 Å². The smallest absolute Gasteiger partial charge is 0.116 e. The summed E-state index contributed by atoms with van der Waals surface area (Å²) in [5, 5.41) is 0.164. The molecule has 3 heteroatoms. The van der Waals surface area contributed by atoms with Crippen molar-refractivity contribution in [2.24, 2.45) is 0 Å². The highest BCUT2D eigenvalue weighted by Gasteiger charge is 2.59. The van der Waals surface area contributed by atoms with Crippen LogP contribution in [0.3, 0.4) is 0 Å². The first-order valence-electron chi connectivity index (χ1n) is 10.6. The van der Waals surface area contributed by atoms with Gasteiger partial charge in [-0.2, -0.15) is 0 Å². The summed E-state index contributed by atoms with van der Waals surface area (Å²) in [6, 6.07) is 20.5. The Labute approximate surface area is 171 Å². The lowest BCUT2D eigenvalue weighted by atomic mass is 9.87. The summed E-state index contributed by atoms with van der Waals surface area (Å²) < 4.78 is 19.6. The van der Waals surface area contributed by atoms with Crippen molar-refractivity contribution in [3.05, 3.63) is 71.8 Å². The summed E-state index contributed by atoms with van der Waals surface area (Å²) in [6.07, 6.45) is 10.2. The number of epoxide rings is 1. The lowest BCUT2D eigenvalue weighted by Crippen LogP contribution is -2.21. The van der Waals surface area contributed by atoms with E-state index >= 15 is 0 Å². The van der Waals surface area contributed by atoms with Gasteiger partial charge < -0.3 is 4.74 Å². The van der Waals surface area contributed by atoms with E-state index in [1.165, 1.54) is 30.4 Å². The molecule has 1 heterocycles. The molecule has 1 aliphatic heterocycles. The first-order chi connectivity index (χ1) is 13.7. The van der Waals surface area contributed by atoms with Crippen molar-refractivity contribution in [2.75, 3.05) is 0 Å². The maximum absolute atomic E-state index is 13.3. The molecule has 2 nitrogen and oxygen atoms in total. The van der Waals surface area contributed by atoms with Crippen molar-refractivity contribution in [3.63, 3.8) is 0 Å². The van der Waals surface area contributed by atoms with Gasteiger partial charge in [0.15, 0.2) is 0 Å². The van der Waals surface area contributed by atoms with Crippen LogP contribution in [-0.2, 0) is 15.5 Å². The van der Waals surface area contributed by atoms with Gasteiger partial charge in [-0.1, -0.05) is 80.8 Å². The van der Waals surface area contributed by atoms with Gasteiger partial charge in [-0.3, -0.25) is 4.21 Å². The van der Waals surface area contributed by atoms with Crippen LogP contribution in [0, 0.1) is 0 Å². The van der Waals surface area contributed by atoms with E-state index in [0.29, 0.717) is 6.10 Å². The quantitative estimate of drug-likeness (QED) is 0.416. The first kappa shape index (κ1) is 19.6. The van der Waals surface area contributed by atoms with Crippen LogP contribution in [0.5, 0.6) is 0 Å². The predicted octanol–water partition coefficient (Wildman–Crippen LogP) is 6.15. The lowest BCUT2D eigenvalue weighted by Gasteiger charge is -2.20. The second-order valence-corrected chi connectivity index (χ2v) is 9.78. The molecule has 2 fully saturated rings. The van der Waals surface area contributed by atoms with Crippen molar-refractivity contribution >= 4 is 16.9 Å². The van der Waals surface area contributed by atoms with Gasteiger partial charge >= 0.3 is 0 Å². The maximum Gasteiger partial charge on any atom is 0.116 e. The van der Waals surface area contributed by atoms with E-state index in [9.17, 15) is 4.21 Å². The Morgan fingerprint density at radius 1 is 1.04 bits per heavy atom. The molecule has 0 spiro atoms. The van der Waals surface area contributed by atoms with Gasteiger partial charge in [0.05, 0.1) is 16.9 Å². The molecule has 1 unspecified atom stereocenters. The van der Waals surface area contributed by atoms with Gasteiger partial charge in [0.1, 0.15) is 5.60 Å². The number of benzene rings is 2. The third-order valence-electron chi connectivity index (χ3n) is 6.13. The standard InChI is InChI=1S/C25H30O2S/c1-2-3-10-17-25-21(18-20-11-6-4-7-12-20)19-23(15-16-24(25)27-25)28(26)22-13-8-5-9-14-22/h4-9,11-14,18,23-24H,2-3,10,15-17,19H2,1H3/b21-18+/t23-,24-,25+,28?/m1/s1. The Morgan fingerprint density at radius 2 is 1.75 bits per heavy atom. The fourth-order valence-corrected chi connectivity index (χ4v) is 6.02. The normalized spacial score (nSPS) is 29.1. The minimum Gasteiger partial charge on any atom is -0.361 e. The van der Waals surface area contributed by atoms with E-state index in [-0.39, 0.29) is 10.9 Å². The minimum atomic E-state index is -0.976. The number of rotatable bonds is 7. The molecule has 0 radical (unpaired) electrons. The molecule has 1 saturated carbocycles. The number of unbranched alkanes of at least 4 members (excludes halogenated alkanes) is 2. The highest BCUT2D eigenvalue weighted by molar-refractivity contribution is 7.85. The summed E-state index contributed by atoms with van der Waals surface area (Å²) in [5.41, 5.74) is 2.46. The minimum absolute atomic E-state index is 0.110. The predicted molar refractivity (Wildman–Crippen MR) is 117 cm³/mol. The van der Waals surface area contributed by atoms with Crippen LogP contribution in [0.15, 0.2) is 71.1 Å². The van der Waals surface area contributed by atoms with Crippen molar-refractivity contribution in [2.45, 2.75) is 73.7 Å². The maximum atomic E-state index is 13.3. The fraction of sp³-hybridized carbons (Fsp3) is 0.440. The van der Waals surface area contributed by atoms with E-state index < -0.39 is 10.8 Å². The summed E-state index contributed by atoms with van der Waals surface area (Å²) in [6.45, 7) is 2.25. The highest BCUT2D eigenvalue weighted by atomic mass is 32.2. The number of hydrogen-bond acceptors (Lipinski definition) is 2. The molecule has 1 saturated heterocycles. The van der Waals surface area contributed by atoms with Crippen LogP contribution < -0.4 is 0 Å². The SMILES string of the molecule is CCCCC[C@@]12O[C@@H]1CC[C@@H](S(=O)c1ccccc1)C/C2=C\c1ccccc1. The molecule has 4 rings (SSSR count). The topological polar surface area (TPSA) is 29.6 Å². The highest BCUT2D eigenvalue weighted by Crippen LogP contribution is 2.54. The van der Waals surface area contributed by atoms with Crippen LogP contribution >= 0.6 is 0 Å². The van der Waals surface area contributed by atoms with Gasteiger partial charge in [0.25, 0.3) is 0 Å². The van der Waals surface area contributed by atoms with Crippen LogP contribution in [-0.4, -0.2) is 21.2 Å². The Morgan fingerprint density at radius 3 is 2.46 bits per heavy atom. The van der Waals surface area contributed by atoms with Crippen molar-refractivity contribution < 1.29 is 8.95 Å². The number of ether oxygens (including phenoxy) is 1. The molecule has 0 bridgehead atoms. The monoisotopic (exact) mass is 394 g/mol. The van der Waals surface area contributed by atoms with Gasteiger partial charge in [-0.05, 0) is 49.0 Å². The second kappa shape index (κ2) is 8.75. The van der Waals surface area contributed by atoms with Crippen molar-refractivity contribution in [3.8, 4) is 0 Å². The van der Waals surface area contributed by atoms with Crippen LogP contribution in [0.2, 0.25) is 0 Å². The molecule has 2 aromatic rings. The van der Waals surface area contributed by atoms with E-state index in [2.05, 4.69) is 43.3 Å². The van der Waals surface area contributed by atoms with Crippen LogP contribution in [0.25, 0.3) is 6.08 Å². The molecule has 148 valence electrons. The average Bonchev–Trinajstić information content (AvgIpc) is 3.46. The summed E-state index contributed by atoms with van der Waals surface area (Å²) in [7, 11) is -0.976. The molecular weight excluding hydrogens is 364 g/mol. The molecule has 4 atom stereocenters. The zero-order valence-corrected chi connectivity index (χ0v) is 17.5. The van der Waals surface area contributed by atoms with Crippen molar-refractivity contribution in [1.29, 1.82) is 0 Å². The molecule has 0 amide bonds. The third kappa shape index (κ3) is 4.16. The molecule has 0 aromatic heterocycles. The zero-order valence-electron chi connectivity index (χ0n) is 16.7. The van der Waals surface area contributed by atoms with E-state index in [1.807, 2.05) is 30.3 Å². The largest absolute Gasteiger partial charge is 0.361 e. The van der Waals surface area contributed by atoms with E-state index in [4.69, 9.17) is 4.74 Å². The first-order valence-corrected chi connectivity index (χ1v) is 11.8. The molecule has 0 N–H and O–H groups in total. The van der Waals surface area contributed by atoms with Gasteiger partial charge in [0.2, 0.25) is 0 Å². The summed E-state index contributed by atoms with van der Waals surface area (Å²) >= 11 is 0. The number of hydrogen-bond donors (Lipinski definition) is 0. The van der Waals surface area contributed by atoms with Gasteiger partial charge in [-0.15, -0.1) is 0 Å². The Bertz CT molecular complexity index is 830. The molecule has 28 heavy (non-hydrogen) atoms. The zero-order chi connectivity index (χ0) is 19.4. The van der Waals surface area contributed by atoms with Crippen LogP contribution in [0.1, 0.15) is 57.4 Å². The number of fused-ring (bicyclic) bond motifs is 1. The van der Waals surface area contributed by atoms with Crippen LogP contribution in [0.4, 0.5) is 0 Å². The second-order valence-electron chi connectivity index (χ2n) is 8.05. The molecule has 1 aliphatic carbocycles. The third-order valence-corrected chi connectivity index (χ3v) is 7.87.